The van der Waals surface area contributed by atoms with E-state index in [1.54, 1.807) is 13.0 Å². The van der Waals surface area contributed by atoms with Crippen molar-refractivity contribution in [2.24, 2.45) is 0 Å². The molecule has 56 valence electrons. The van der Waals surface area contributed by atoms with Gasteiger partial charge in [-0.3, -0.25) is 0 Å². The smallest absolute Gasteiger partial charge is 0.127 e. The molecule has 1 rings (SSSR count). The molecule has 0 aromatic heterocycles. The van der Waals surface area contributed by atoms with Crippen molar-refractivity contribution in [1.82, 2.24) is 0 Å². The molecule has 1 heteroatoms. The summed E-state index contributed by atoms with van der Waals surface area (Å²) in [5.74, 6) is 2.17. The Morgan fingerprint density at radius 2 is 2.00 bits per heavy atom. The highest BCUT2D eigenvalue weighted by Crippen LogP contribution is 2.13. The fourth-order valence-corrected chi connectivity index (χ4v) is 0.900. The van der Waals surface area contributed by atoms with Crippen LogP contribution in [-0.2, 0) is 0 Å². The second-order valence-corrected chi connectivity index (χ2v) is 2.54. The monoisotopic (exact) mass is 148 g/mol. The molecule has 0 aliphatic heterocycles. The summed E-state index contributed by atoms with van der Waals surface area (Å²) < 4.78 is 12.9. The molecule has 0 unspecified atom stereocenters. The summed E-state index contributed by atoms with van der Waals surface area (Å²) in [4.78, 5) is 0. The largest absolute Gasteiger partial charge is 0.207 e. The first-order chi connectivity index (χ1) is 5.15. The van der Waals surface area contributed by atoms with Crippen molar-refractivity contribution < 1.29 is 4.39 Å². The average molecular weight is 148 g/mol. The van der Waals surface area contributed by atoms with E-state index in [0.717, 1.165) is 5.56 Å². The van der Waals surface area contributed by atoms with Gasteiger partial charge in [0.25, 0.3) is 0 Å². The standard InChI is InChI=1S/C10H9F/c1-4-9-5-7(2)8(3)10(11)6-9/h1,5-6H,2-3H3. The Morgan fingerprint density at radius 1 is 1.36 bits per heavy atom. The van der Waals surface area contributed by atoms with Gasteiger partial charge in [0.2, 0.25) is 0 Å². The summed E-state index contributed by atoms with van der Waals surface area (Å²) in [5.41, 5.74) is 2.17. The molecule has 0 amide bonds. The maximum atomic E-state index is 12.9. The van der Waals surface area contributed by atoms with E-state index in [2.05, 4.69) is 5.92 Å². The van der Waals surface area contributed by atoms with E-state index in [-0.39, 0.29) is 5.82 Å². The molecule has 0 radical (unpaired) electrons. The van der Waals surface area contributed by atoms with Gasteiger partial charge in [0.1, 0.15) is 5.82 Å². The molecule has 0 spiro atoms. The molecule has 0 atom stereocenters. The average Bonchev–Trinajstić information content (AvgIpc) is 1.99. The third-order valence-electron chi connectivity index (χ3n) is 1.77. The summed E-state index contributed by atoms with van der Waals surface area (Å²) in [7, 11) is 0. The Kier molecular flexibility index (Phi) is 1.96. The molecule has 11 heavy (non-hydrogen) atoms. The van der Waals surface area contributed by atoms with Crippen LogP contribution in [0, 0.1) is 32.0 Å². The van der Waals surface area contributed by atoms with Gasteiger partial charge in [-0.1, -0.05) is 5.92 Å². The second kappa shape index (κ2) is 2.75. The van der Waals surface area contributed by atoms with Gasteiger partial charge < -0.3 is 0 Å². The van der Waals surface area contributed by atoms with Crippen LogP contribution < -0.4 is 0 Å². The minimum Gasteiger partial charge on any atom is -0.207 e. The molecule has 0 aliphatic rings. The zero-order valence-electron chi connectivity index (χ0n) is 6.61. The fraction of sp³-hybridized carbons (Fsp3) is 0.200. The van der Waals surface area contributed by atoms with Gasteiger partial charge in [-0.05, 0) is 37.1 Å². The first kappa shape index (κ1) is 7.81. The van der Waals surface area contributed by atoms with Gasteiger partial charge in [-0.25, -0.2) is 4.39 Å². The Balaban J connectivity index is 3.35. The van der Waals surface area contributed by atoms with E-state index in [4.69, 9.17) is 6.42 Å². The SMILES string of the molecule is C#Cc1cc(C)c(C)c(F)c1. The summed E-state index contributed by atoms with van der Waals surface area (Å²) in [6, 6.07) is 3.18. The Morgan fingerprint density at radius 3 is 2.45 bits per heavy atom. The van der Waals surface area contributed by atoms with E-state index >= 15 is 0 Å². The van der Waals surface area contributed by atoms with Gasteiger partial charge in [0.15, 0.2) is 0 Å². The molecular formula is C10H9F. The number of hydrogen-bond acceptors (Lipinski definition) is 0. The molecule has 0 bridgehead atoms. The number of aryl methyl sites for hydroxylation is 1. The lowest BCUT2D eigenvalue weighted by atomic mass is 10.1. The summed E-state index contributed by atoms with van der Waals surface area (Å²) >= 11 is 0. The highest BCUT2D eigenvalue weighted by molar-refractivity contribution is 5.39. The lowest BCUT2D eigenvalue weighted by Gasteiger charge is -2.01. The first-order valence-corrected chi connectivity index (χ1v) is 3.38. The number of halogens is 1. The minimum atomic E-state index is -0.224. The number of terminal acetylenes is 1. The van der Waals surface area contributed by atoms with Crippen LogP contribution in [0.2, 0.25) is 0 Å². The van der Waals surface area contributed by atoms with Crippen molar-refractivity contribution in [2.75, 3.05) is 0 Å². The highest BCUT2D eigenvalue weighted by Gasteiger charge is 2.00. The molecule has 0 saturated heterocycles. The third kappa shape index (κ3) is 1.40. The van der Waals surface area contributed by atoms with E-state index < -0.39 is 0 Å². The topological polar surface area (TPSA) is 0 Å². The lowest BCUT2D eigenvalue weighted by Crippen LogP contribution is -1.88. The van der Waals surface area contributed by atoms with Gasteiger partial charge in [0, 0.05) is 5.56 Å². The van der Waals surface area contributed by atoms with Crippen LogP contribution >= 0.6 is 0 Å². The van der Waals surface area contributed by atoms with Gasteiger partial charge in [-0.15, -0.1) is 6.42 Å². The predicted molar refractivity (Wildman–Crippen MR) is 43.8 cm³/mol. The van der Waals surface area contributed by atoms with Crippen LogP contribution in [0.5, 0.6) is 0 Å². The first-order valence-electron chi connectivity index (χ1n) is 3.38. The lowest BCUT2D eigenvalue weighted by molar-refractivity contribution is 0.616. The minimum absolute atomic E-state index is 0.224. The number of rotatable bonds is 0. The highest BCUT2D eigenvalue weighted by atomic mass is 19.1. The van der Waals surface area contributed by atoms with E-state index in [1.807, 2.05) is 6.92 Å². The zero-order valence-corrected chi connectivity index (χ0v) is 6.61. The van der Waals surface area contributed by atoms with E-state index in [1.165, 1.54) is 6.07 Å². The molecule has 1 aromatic carbocycles. The van der Waals surface area contributed by atoms with Crippen molar-refractivity contribution in [3.63, 3.8) is 0 Å². The normalized spacial score (nSPS) is 9.27. The Labute approximate surface area is 66.1 Å². The molecule has 0 saturated carbocycles. The van der Waals surface area contributed by atoms with Crippen molar-refractivity contribution in [1.29, 1.82) is 0 Å². The maximum absolute atomic E-state index is 12.9. The molecule has 0 nitrogen and oxygen atoms in total. The van der Waals surface area contributed by atoms with Crippen LogP contribution in [-0.4, -0.2) is 0 Å². The molecule has 0 aliphatic carbocycles. The van der Waals surface area contributed by atoms with Crippen LogP contribution in [0.1, 0.15) is 16.7 Å². The molecule has 0 fully saturated rings. The van der Waals surface area contributed by atoms with Crippen LogP contribution in [0.15, 0.2) is 12.1 Å². The summed E-state index contributed by atoms with van der Waals surface area (Å²) in [6.45, 7) is 3.59. The second-order valence-electron chi connectivity index (χ2n) is 2.54. The quantitative estimate of drug-likeness (QED) is 0.496. The number of benzene rings is 1. The van der Waals surface area contributed by atoms with E-state index in [9.17, 15) is 4.39 Å². The molecule has 0 heterocycles. The molecular weight excluding hydrogens is 139 g/mol. The van der Waals surface area contributed by atoms with Gasteiger partial charge in [-0.2, -0.15) is 0 Å². The zero-order chi connectivity index (χ0) is 8.43. The maximum Gasteiger partial charge on any atom is 0.127 e. The van der Waals surface area contributed by atoms with Crippen molar-refractivity contribution in [3.05, 3.63) is 34.6 Å². The molecule has 1 aromatic rings. The van der Waals surface area contributed by atoms with Crippen LogP contribution in [0.4, 0.5) is 4.39 Å². The van der Waals surface area contributed by atoms with Crippen LogP contribution in [0.3, 0.4) is 0 Å². The summed E-state index contributed by atoms with van der Waals surface area (Å²) in [5, 5.41) is 0. The molecule has 0 N–H and O–H groups in total. The van der Waals surface area contributed by atoms with Crippen LogP contribution in [0.25, 0.3) is 0 Å². The van der Waals surface area contributed by atoms with Crippen molar-refractivity contribution in [2.45, 2.75) is 13.8 Å². The Bertz CT molecular complexity index is 295. The fourth-order valence-electron chi connectivity index (χ4n) is 0.900. The third-order valence-corrected chi connectivity index (χ3v) is 1.77. The van der Waals surface area contributed by atoms with Gasteiger partial charge in [0.05, 0.1) is 0 Å². The van der Waals surface area contributed by atoms with E-state index in [0.29, 0.717) is 11.1 Å². The van der Waals surface area contributed by atoms with Crippen molar-refractivity contribution in [3.8, 4) is 12.3 Å². The summed E-state index contributed by atoms with van der Waals surface area (Å²) in [6.07, 6.45) is 5.12. The van der Waals surface area contributed by atoms with Crippen molar-refractivity contribution >= 4 is 0 Å². The predicted octanol–water partition coefficient (Wildman–Crippen LogP) is 2.42. The van der Waals surface area contributed by atoms with Gasteiger partial charge >= 0.3 is 0 Å². The number of hydrogen-bond donors (Lipinski definition) is 0. The Hall–Kier alpha value is -1.29.